The van der Waals surface area contributed by atoms with Gasteiger partial charge in [0.1, 0.15) is 59.7 Å². The molecule has 46 heavy (non-hydrogen) atoms. The van der Waals surface area contributed by atoms with Gasteiger partial charge in [-0.2, -0.15) is 4.98 Å². The predicted octanol–water partition coefficient (Wildman–Crippen LogP) is -2.52. The molecule has 0 bridgehead atoms. The Bertz CT molecular complexity index is 1730. The molecule has 2 aliphatic heterocycles. The second kappa shape index (κ2) is 12.5. The number of rotatable bonds is 10. The molecule has 4 aromatic heterocycles. The first kappa shape index (κ1) is 32.3. The van der Waals surface area contributed by atoms with Gasteiger partial charge >= 0.3 is 0 Å². The summed E-state index contributed by atoms with van der Waals surface area (Å²) >= 11 is 0. The van der Waals surface area contributed by atoms with Crippen LogP contribution in [-0.4, -0.2) is 117 Å². The van der Waals surface area contributed by atoms with Crippen LogP contribution in [0.15, 0.2) is 12.4 Å². The lowest BCUT2D eigenvalue weighted by Gasteiger charge is -2.23. The SMILES string of the molecule is COc1nc(C)nc2c1c(C(N)O)cn2[C@@H]1O[C@H](CO)[C@@H](O)[C@H]1ONc1nc(C)nc2c1c(CN)cn2[C@@H]1O[C@H](CO)[C@@H](O)[C@H]1O. The molecule has 19 heteroatoms. The van der Waals surface area contributed by atoms with Crippen LogP contribution in [0.2, 0.25) is 0 Å². The van der Waals surface area contributed by atoms with Crippen LogP contribution in [0, 0.1) is 13.8 Å². The van der Waals surface area contributed by atoms with E-state index in [0.29, 0.717) is 33.6 Å². The molecule has 2 fully saturated rings. The lowest BCUT2D eigenvalue weighted by Crippen LogP contribution is -2.37. The van der Waals surface area contributed by atoms with E-state index in [-0.39, 0.29) is 29.5 Å². The van der Waals surface area contributed by atoms with E-state index in [2.05, 4.69) is 25.4 Å². The summed E-state index contributed by atoms with van der Waals surface area (Å²) in [5.74, 6) is 0.961. The van der Waals surface area contributed by atoms with Crippen molar-refractivity contribution in [1.29, 1.82) is 0 Å². The Kier molecular flexibility index (Phi) is 8.82. The first-order valence-electron chi connectivity index (χ1n) is 14.5. The fourth-order valence-corrected chi connectivity index (χ4v) is 6.02. The van der Waals surface area contributed by atoms with E-state index in [0.717, 1.165) is 0 Å². The topological polar surface area (TPSA) is 284 Å². The van der Waals surface area contributed by atoms with Gasteiger partial charge in [-0.1, -0.05) is 0 Å². The monoisotopic (exact) mass is 647 g/mol. The average molecular weight is 648 g/mol. The lowest BCUT2D eigenvalue weighted by atomic mass is 10.1. The van der Waals surface area contributed by atoms with Gasteiger partial charge in [0.25, 0.3) is 0 Å². The molecule has 4 aromatic rings. The van der Waals surface area contributed by atoms with Gasteiger partial charge in [-0.05, 0) is 19.4 Å². The van der Waals surface area contributed by atoms with Gasteiger partial charge in [0, 0.05) is 24.5 Å². The molecule has 250 valence electrons. The number of nitrogens with zero attached hydrogens (tertiary/aromatic N) is 6. The van der Waals surface area contributed by atoms with Gasteiger partial charge < -0.3 is 65.5 Å². The molecule has 9 atom stereocenters. The second-order valence-corrected chi connectivity index (χ2v) is 11.2. The summed E-state index contributed by atoms with van der Waals surface area (Å²) in [6.45, 7) is 2.25. The molecule has 0 radical (unpaired) electrons. The number of methoxy groups -OCH3 is 1. The number of anilines is 1. The molecule has 0 spiro atoms. The maximum Gasteiger partial charge on any atom is 0.226 e. The zero-order valence-corrected chi connectivity index (χ0v) is 25.1. The van der Waals surface area contributed by atoms with Gasteiger partial charge in [0.05, 0.1) is 31.1 Å². The summed E-state index contributed by atoms with van der Waals surface area (Å²) in [5.41, 5.74) is 16.0. The number of fused-ring (bicyclic) bond motifs is 2. The maximum atomic E-state index is 11.2. The fourth-order valence-electron chi connectivity index (χ4n) is 6.02. The molecule has 0 aliphatic carbocycles. The highest BCUT2D eigenvalue weighted by Crippen LogP contribution is 2.40. The van der Waals surface area contributed by atoms with Crippen molar-refractivity contribution >= 4 is 27.9 Å². The summed E-state index contributed by atoms with van der Waals surface area (Å²) in [5, 5.41) is 62.9. The Morgan fingerprint density at radius 3 is 2.11 bits per heavy atom. The molecule has 6 heterocycles. The highest BCUT2D eigenvalue weighted by Gasteiger charge is 2.47. The number of aryl methyl sites for hydroxylation is 2. The van der Waals surface area contributed by atoms with Crippen LogP contribution in [0.1, 0.15) is 41.5 Å². The minimum Gasteiger partial charge on any atom is -0.480 e. The van der Waals surface area contributed by atoms with E-state index in [1.807, 2.05) is 0 Å². The fraction of sp³-hybridized carbons (Fsp3) is 0.556. The highest BCUT2D eigenvalue weighted by molar-refractivity contribution is 5.91. The maximum absolute atomic E-state index is 11.2. The Hall–Kier alpha value is -3.60. The zero-order chi connectivity index (χ0) is 33.0. The van der Waals surface area contributed by atoms with E-state index >= 15 is 0 Å². The van der Waals surface area contributed by atoms with Crippen LogP contribution in [0.25, 0.3) is 22.1 Å². The van der Waals surface area contributed by atoms with Crippen LogP contribution >= 0.6 is 0 Å². The standard InChI is InChI=1S/C27H37N9O10/c1-9-30-22(15-11(4-28)5-35(23(15)31-9)26-19(41)17(39)13(7-37)44-26)34-46-20-18(40)14(8-38)45-27(20)36-6-12(21(29)42)16-24(36)32-10(2)33-25(16)43-3/h5-6,13-14,17-21,26-27,37-42H,4,7-8,28-29H2,1-3H3,(H,30,31,34)/t13-,14-,17-,18-,19-,20-,21?,26-,27-/m1/s1. The normalized spacial score (nSPS) is 28.8. The number of nitrogens with one attached hydrogen (secondary N) is 1. The summed E-state index contributed by atoms with van der Waals surface area (Å²) < 4.78 is 20.2. The molecule has 0 amide bonds. The van der Waals surface area contributed by atoms with Gasteiger partial charge in [0.2, 0.25) is 5.88 Å². The third-order valence-electron chi connectivity index (χ3n) is 8.22. The van der Waals surface area contributed by atoms with E-state index in [1.54, 1.807) is 20.0 Å². The first-order chi connectivity index (χ1) is 22.0. The molecule has 6 rings (SSSR count). The Balaban J connectivity index is 1.39. The minimum absolute atomic E-state index is 0.0181. The third-order valence-corrected chi connectivity index (χ3v) is 8.22. The summed E-state index contributed by atoms with van der Waals surface area (Å²) in [7, 11) is 1.42. The molecular weight excluding hydrogens is 610 g/mol. The quantitative estimate of drug-likeness (QED) is 0.0634. The number of ether oxygens (including phenoxy) is 3. The van der Waals surface area contributed by atoms with Crippen LogP contribution in [0.5, 0.6) is 5.88 Å². The number of aliphatic hydroxyl groups is 6. The van der Waals surface area contributed by atoms with Gasteiger partial charge in [-0.3, -0.25) is 4.84 Å². The molecule has 0 aromatic carbocycles. The van der Waals surface area contributed by atoms with Crippen LogP contribution in [-0.2, 0) is 20.9 Å². The van der Waals surface area contributed by atoms with Crippen molar-refractivity contribution in [3.8, 4) is 5.88 Å². The number of aromatic nitrogens is 6. The molecule has 19 nitrogen and oxygen atoms in total. The minimum atomic E-state index is -1.44. The Labute approximate surface area is 260 Å². The van der Waals surface area contributed by atoms with Crippen molar-refractivity contribution < 1.29 is 49.7 Å². The van der Waals surface area contributed by atoms with Gasteiger partial charge in [-0.15, -0.1) is 0 Å². The Morgan fingerprint density at radius 1 is 0.891 bits per heavy atom. The first-order valence-corrected chi connectivity index (χ1v) is 14.5. The van der Waals surface area contributed by atoms with Crippen LogP contribution in [0.3, 0.4) is 0 Å². The highest BCUT2D eigenvalue weighted by atomic mass is 16.7. The predicted molar refractivity (Wildman–Crippen MR) is 157 cm³/mol. The van der Waals surface area contributed by atoms with Crippen molar-refractivity contribution in [2.45, 2.75) is 75.7 Å². The van der Waals surface area contributed by atoms with E-state index < -0.39 is 68.5 Å². The molecule has 2 saturated heterocycles. The number of nitrogens with two attached hydrogens (primary N) is 2. The largest absolute Gasteiger partial charge is 0.480 e. The van der Waals surface area contributed by atoms with E-state index in [9.17, 15) is 30.6 Å². The average Bonchev–Trinajstić information content (AvgIpc) is 3.76. The van der Waals surface area contributed by atoms with Crippen molar-refractivity contribution in [2.24, 2.45) is 11.5 Å². The van der Waals surface area contributed by atoms with Crippen LogP contribution in [0.4, 0.5) is 5.82 Å². The number of hydrogen-bond donors (Lipinski definition) is 9. The van der Waals surface area contributed by atoms with Gasteiger partial charge in [-0.25, -0.2) is 20.4 Å². The van der Waals surface area contributed by atoms with Crippen molar-refractivity contribution in [1.82, 2.24) is 29.1 Å². The van der Waals surface area contributed by atoms with Crippen molar-refractivity contribution in [2.75, 3.05) is 25.8 Å². The van der Waals surface area contributed by atoms with Gasteiger partial charge in [0.15, 0.2) is 24.4 Å². The van der Waals surface area contributed by atoms with Crippen LogP contribution < -0.4 is 21.7 Å². The molecule has 0 saturated carbocycles. The third kappa shape index (κ3) is 5.24. The number of hydrogen-bond acceptors (Lipinski definition) is 17. The van der Waals surface area contributed by atoms with Crippen molar-refractivity contribution in [3.05, 3.63) is 35.2 Å². The second-order valence-electron chi connectivity index (χ2n) is 11.2. The van der Waals surface area contributed by atoms with E-state index in [4.69, 9.17) is 30.5 Å². The van der Waals surface area contributed by atoms with Crippen molar-refractivity contribution in [3.63, 3.8) is 0 Å². The Morgan fingerprint density at radius 2 is 1.50 bits per heavy atom. The lowest BCUT2D eigenvalue weighted by molar-refractivity contribution is -0.0586. The molecule has 11 N–H and O–H groups in total. The molecular formula is C27H37N9O10. The smallest absolute Gasteiger partial charge is 0.226 e. The summed E-state index contributed by atoms with van der Waals surface area (Å²) in [6.07, 6.45) is -7.87. The molecule has 1 unspecified atom stereocenters. The summed E-state index contributed by atoms with van der Waals surface area (Å²) in [6, 6.07) is 0. The number of aliphatic hydroxyl groups excluding tert-OH is 6. The zero-order valence-electron chi connectivity index (χ0n) is 25.1. The summed E-state index contributed by atoms with van der Waals surface area (Å²) in [4.78, 5) is 23.8. The van der Waals surface area contributed by atoms with E-state index in [1.165, 1.54) is 22.4 Å². The molecule has 2 aliphatic rings.